The number of aliphatic hydroxyl groups excluding tert-OH is 1. The second kappa shape index (κ2) is 6.39. The van der Waals surface area contributed by atoms with Gasteiger partial charge < -0.3 is 10.4 Å². The van der Waals surface area contributed by atoms with Crippen molar-refractivity contribution in [1.29, 1.82) is 0 Å². The van der Waals surface area contributed by atoms with Crippen LogP contribution in [0.25, 0.3) is 0 Å². The van der Waals surface area contributed by atoms with Gasteiger partial charge >= 0.3 is 6.03 Å². The average molecular weight is 292 g/mol. The predicted octanol–water partition coefficient (Wildman–Crippen LogP) is 2.20. The summed E-state index contributed by atoms with van der Waals surface area (Å²) in [7, 11) is 0. The molecule has 0 radical (unpaired) electrons. The van der Waals surface area contributed by atoms with Gasteiger partial charge in [-0.15, -0.1) is 5.10 Å². The van der Waals surface area contributed by atoms with Gasteiger partial charge in [0.25, 0.3) is 0 Å². The lowest BCUT2D eigenvalue weighted by molar-refractivity contribution is 0.118. The molecule has 0 spiro atoms. The fraction of sp³-hybridized carbons (Fsp3) is 0.667. The molecular weight excluding hydrogens is 268 g/mol. The standard InChI is InChI=1S/C15H24N4O2/c1-15(2,3)12-8-9-13(19-18-12)17-14(21)16-10-4-6-11(20)7-5-10/h8-11,20H,4-7H2,1-3H3,(H2,16,17,19,21). The van der Waals surface area contributed by atoms with Gasteiger partial charge in [0.2, 0.25) is 0 Å². The normalized spacial score (nSPS) is 22.7. The second-order valence-electron chi connectivity index (χ2n) is 6.66. The number of aliphatic hydroxyl groups is 1. The minimum absolute atomic E-state index is 0.0588. The van der Waals surface area contributed by atoms with Crippen molar-refractivity contribution in [1.82, 2.24) is 15.5 Å². The van der Waals surface area contributed by atoms with Gasteiger partial charge in [0.05, 0.1) is 11.8 Å². The molecular formula is C15H24N4O2. The highest BCUT2D eigenvalue weighted by Gasteiger charge is 2.21. The maximum atomic E-state index is 11.9. The van der Waals surface area contributed by atoms with Crippen LogP contribution in [0.15, 0.2) is 12.1 Å². The number of aromatic nitrogens is 2. The molecule has 1 fully saturated rings. The van der Waals surface area contributed by atoms with E-state index in [1.807, 2.05) is 6.07 Å². The lowest BCUT2D eigenvalue weighted by atomic mass is 9.92. The van der Waals surface area contributed by atoms with Gasteiger partial charge in [-0.3, -0.25) is 5.32 Å². The van der Waals surface area contributed by atoms with Gasteiger partial charge in [-0.2, -0.15) is 5.10 Å². The summed E-state index contributed by atoms with van der Waals surface area (Å²) in [6, 6.07) is 3.49. The zero-order valence-electron chi connectivity index (χ0n) is 12.9. The van der Waals surface area contributed by atoms with Gasteiger partial charge in [-0.25, -0.2) is 4.79 Å². The lowest BCUT2D eigenvalue weighted by Crippen LogP contribution is -2.41. The molecule has 6 nitrogen and oxygen atoms in total. The predicted molar refractivity (Wildman–Crippen MR) is 81.1 cm³/mol. The zero-order valence-corrected chi connectivity index (χ0v) is 12.9. The van der Waals surface area contributed by atoms with Crippen LogP contribution in [0.3, 0.4) is 0 Å². The van der Waals surface area contributed by atoms with Gasteiger partial charge in [-0.05, 0) is 37.8 Å². The van der Waals surface area contributed by atoms with E-state index in [4.69, 9.17) is 0 Å². The Kier molecular flexibility index (Phi) is 4.77. The van der Waals surface area contributed by atoms with E-state index in [2.05, 4.69) is 41.6 Å². The summed E-state index contributed by atoms with van der Waals surface area (Å²) in [6.45, 7) is 6.19. The van der Waals surface area contributed by atoms with E-state index < -0.39 is 0 Å². The van der Waals surface area contributed by atoms with Crippen molar-refractivity contribution in [2.75, 3.05) is 5.32 Å². The summed E-state index contributed by atoms with van der Waals surface area (Å²) in [5.74, 6) is 0.441. The lowest BCUT2D eigenvalue weighted by Gasteiger charge is -2.26. The van der Waals surface area contributed by atoms with E-state index in [0.29, 0.717) is 5.82 Å². The van der Waals surface area contributed by atoms with E-state index in [1.54, 1.807) is 6.07 Å². The number of nitrogens with zero attached hydrogens (tertiary/aromatic N) is 2. The van der Waals surface area contributed by atoms with Gasteiger partial charge in [0.1, 0.15) is 0 Å². The van der Waals surface area contributed by atoms with E-state index in [9.17, 15) is 9.90 Å². The number of hydrogen-bond donors (Lipinski definition) is 3. The first-order chi connectivity index (χ1) is 9.84. The van der Waals surface area contributed by atoms with Crippen molar-refractivity contribution in [3.8, 4) is 0 Å². The first-order valence-corrected chi connectivity index (χ1v) is 7.44. The van der Waals surface area contributed by atoms with E-state index in [0.717, 1.165) is 31.4 Å². The average Bonchev–Trinajstić information content (AvgIpc) is 2.41. The number of carbonyl (C=O) groups excluding carboxylic acids is 1. The number of nitrogens with one attached hydrogen (secondary N) is 2. The Morgan fingerprint density at radius 3 is 2.38 bits per heavy atom. The fourth-order valence-corrected chi connectivity index (χ4v) is 2.36. The largest absolute Gasteiger partial charge is 0.393 e. The Labute approximate surface area is 125 Å². The smallest absolute Gasteiger partial charge is 0.320 e. The molecule has 1 aromatic heterocycles. The van der Waals surface area contributed by atoms with Crippen LogP contribution in [-0.4, -0.2) is 33.5 Å². The van der Waals surface area contributed by atoms with E-state index in [1.165, 1.54) is 0 Å². The van der Waals surface area contributed by atoms with Crippen LogP contribution < -0.4 is 10.6 Å². The number of urea groups is 1. The number of rotatable bonds is 2. The minimum Gasteiger partial charge on any atom is -0.393 e. The molecule has 1 heterocycles. The third-order valence-electron chi connectivity index (χ3n) is 3.71. The van der Waals surface area contributed by atoms with Crippen molar-refractivity contribution in [2.24, 2.45) is 0 Å². The second-order valence-corrected chi connectivity index (χ2v) is 6.66. The maximum absolute atomic E-state index is 11.9. The molecule has 0 aliphatic heterocycles. The molecule has 1 aliphatic carbocycles. The minimum atomic E-state index is -0.269. The van der Waals surface area contributed by atoms with Gasteiger partial charge in [0.15, 0.2) is 5.82 Å². The topological polar surface area (TPSA) is 87.1 Å². The molecule has 3 N–H and O–H groups in total. The number of anilines is 1. The quantitative estimate of drug-likeness (QED) is 0.780. The third-order valence-corrected chi connectivity index (χ3v) is 3.71. The SMILES string of the molecule is CC(C)(C)c1ccc(NC(=O)NC2CCC(O)CC2)nn1. The van der Waals surface area contributed by atoms with E-state index >= 15 is 0 Å². The molecule has 1 saturated carbocycles. The molecule has 116 valence electrons. The monoisotopic (exact) mass is 292 g/mol. The third kappa shape index (κ3) is 4.67. The molecule has 1 aromatic rings. The summed E-state index contributed by atoms with van der Waals surface area (Å²) < 4.78 is 0. The Morgan fingerprint density at radius 1 is 1.19 bits per heavy atom. The Hall–Kier alpha value is -1.69. The Balaban J connectivity index is 1.85. The molecule has 0 saturated heterocycles. The Bertz CT molecular complexity index is 473. The van der Waals surface area contributed by atoms with Gasteiger partial charge in [0, 0.05) is 11.5 Å². The summed E-state index contributed by atoms with van der Waals surface area (Å²) in [5, 5.41) is 23.2. The Morgan fingerprint density at radius 2 is 1.86 bits per heavy atom. The first kappa shape index (κ1) is 15.7. The van der Waals surface area contributed by atoms with Crippen LogP contribution in [0.4, 0.5) is 10.6 Å². The summed E-state index contributed by atoms with van der Waals surface area (Å²) in [6.07, 6.45) is 2.88. The molecule has 0 aromatic carbocycles. The molecule has 1 aliphatic rings. The van der Waals surface area contributed by atoms with Crippen LogP contribution in [0, 0.1) is 0 Å². The molecule has 2 rings (SSSR count). The van der Waals surface area contributed by atoms with Crippen LogP contribution in [0.2, 0.25) is 0 Å². The van der Waals surface area contributed by atoms with Crippen LogP contribution in [0.5, 0.6) is 0 Å². The highest BCUT2D eigenvalue weighted by molar-refractivity contribution is 5.88. The van der Waals surface area contributed by atoms with Crippen molar-refractivity contribution < 1.29 is 9.90 Å². The van der Waals surface area contributed by atoms with Crippen molar-refractivity contribution in [3.63, 3.8) is 0 Å². The van der Waals surface area contributed by atoms with Crippen molar-refractivity contribution >= 4 is 11.8 Å². The van der Waals surface area contributed by atoms with E-state index in [-0.39, 0.29) is 23.6 Å². The zero-order chi connectivity index (χ0) is 15.5. The molecule has 0 unspecified atom stereocenters. The van der Waals surface area contributed by atoms with Crippen LogP contribution >= 0.6 is 0 Å². The highest BCUT2D eigenvalue weighted by Crippen LogP contribution is 2.20. The number of carbonyl (C=O) groups is 1. The van der Waals surface area contributed by atoms with Crippen molar-refractivity contribution in [3.05, 3.63) is 17.8 Å². The van der Waals surface area contributed by atoms with Crippen LogP contribution in [0.1, 0.15) is 52.1 Å². The molecule has 6 heteroatoms. The van der Waals surface area contributed by atoms with Crippen molar-refractivity contribution in [2.45, 2.75) is 64.0 Å². The molecule has 0 atom stereocenters. The summed E-state index contributed by atoms with van der Waals surface area (Å²) in [4.78, 5) is 11.9. The molecule has 2 amide bonds. The highest BCUT2D eigenvalue weighted by atomic mass is 16.3. The van der Waals surface area contributed by atoms with Crippen LogP contribution in [-0.2, 0) is 5.41 Å². The summed E-state index contributed by atoms with van der Waals surface area (Å²) >= 11 is 0. The molecule has 21 heavy (non-hydrogen) atoms. The maximum Gasteiger partial charge on any atom is 0.320 e. The molecule has 0 bridgehead atoms. The number of hydrogen-bond acceptors (Lipinski definition) is 4. The fourth-order valence-electron chi connectivity index (χ4n) is 2.36. The first-order valence-electron chi connectivity index (χ1n) is 7.44. The summed E-state index contributed by atoms with van der Waals surface area (Å²) in [5.41, 5.74) is 0.825. The van der Waals surface area contributed by atoms with Gasteiger partial charge in [-0.1, -0.05) is 20.8 Å². The number of amides is 2.